The molecule has 0 spiro atoms. The molecule has 7 aromatic rings. The van der Waals surface area contributed by atoms with E-state index in [9.17, 15) is 19.2 Å². The lowest BCUT2D eigenvalue weighted by molar-refractivity contribution is 0.0714. The molecule has 0 aromatic heterocycles. The van der Waals surface area contributed by atoms with Crippen LogP contribution in [0.25, 0.3) is 22.3 Å². The van der Waals surface area contributed by atoms with E-state index in [1.165, 1.54) is 162 Å². The number of hydrogen-bond donors (Lipinski definition) is 0. The molecule has 0 saturated carbocycles. The van der Waals surface area contributed by atoms with Gasteiger partial charge in [0.1, 0.15) is 28.7 Å². The lowest BCUT2D eigenvalue weighted by atomic mass is 10.00. The third-order valence-corrected chi connectivity index (χ3v) is 12.6. The highest BCUT2D eigenvalue weighted by Crippen LogP contribution is 2.27. The maximum Gasteiger partial charge on any atom is 0.343 e. The van der Waals surface area contributed by atoms with Gasteiger partial charge in [-0.05, 0) is 150 Å². The third kappa shape index (κ3) is 15.6. The van der Waals surface area contributed by atoms with Crippen LogP contribution in [0.2, 0.25) is 0 Å². The lowest BCUT2D eigenvalue weighted by Gasteiger charge is -2.11. The molecule has 0 fully saturated rings. The molecule has 7 rings (SSSR count). The summed E-state index contributed by atoms with van der Waals surface area (Å²) < 4.78 is 27.8. The molecule has 0 saturated heterocycles. The summed E-state index contributed by atoms with van der Waals surface area (Å²) in [6.45, 7) is 4.47. The number of carbonyl (C=O) groups is 4. The zero-order valence-electron chi connectivity index (χ0n) is 41.7. The van der Waals surface area contributed by atoms with Gasteiger partial charge in [-0.25, -0.2) is 19.2 Å². The van der Waals surface area contributed by atoms with Gasteiger partial charge >= 0.3 is 23.9 Å². The van der Waals surface area contributed by atoms with Crippen molar-refractivity contribution in [2.75, 3.05) is 7.11 Å². The van der Waals surface area contributed by atoms with E-state index in [1.807, 2.05) is 24.3 Å². The van der Waals surface area contributed by atoms with Gasteiger partial charge in [-0.2, -0.15) is 0 Å². The summed E-state index contributed by atoms with van der Waals surface area (Å²) in [5, 5.41) is 0. The second-order valence-electron chi connectivity index (χ2n) is 18.0. The molecule has 72 heavy (non-hydrogen) atoms. The average molecular weight is 965 g/mol. The van der Waals surface area contributed by atoms with Crippen LogP contribution in [-0.4, -0.2) is 31.0 Å². The van der Waals surface area contributed by atoms with Crippen LogP contribution in [0.4, 0.5) is 0 Å². The van der Waals surface area contributed by atoms with Crippen molar-refractivity contribution in [1.82, 2.24) is 0 Å². The number of hydrogen-bond acceptors (Lipinski definition) is 9. The van der Waals surface area contributed by atoms with Gasteiger partial charge < -0.3 is 23.7 Å². The molecule has 7 aromatic carbocycles. The molecule has 0 aliphatic carbocycles. The number of ether oxygens (including phenoxy) is 5. The number of aryl methyl sites for hydroxylation is 2. The fraction of sp³-hybridized carbons (Fsp3) is 0.270. The first-order valence-electron chi connectivity index (χ1n) is 25.3. The smallest absolute Gasteiger partial charge is 0.343 e. The Morgan fingerprint density at radius 3 is 0.889 bits per heavy atom. The Bertz CT molecular complexity index is 2640. The normalized spacial score (nSPS) is 10.9. The summed E-state index contributed by atoms with van der Waals surface area (Å²) >= 11 is 0. The number of esters is 4. The molecular formula is C63H64O9. The zero-order chi connectivity index (χ0) is 50.5. The zero-order valence-corrected chi connectivity index (χ0v) is 41.7. The summed E-state index contributed by atoms with van der Waals surface area (Å²) in [4.78, 5) is 52.7. The molecule has 9 nitrogen and oxygen atoms in total. The van der Waals surface area contributed by atoms with Crippen LogP contribution in [-0.2, 0) is 12.8 Å². The van der Waals surface area contributed by atoms with Crippen LogP contribution in [0.15, 0.2) is 164 Å². The maximum atomic E-state index is 13.3. The lowest BCUT2D eigenvalue weighted by Crippen LogP contribution is -2.13. The first-order valence-corrected chi connectivity index (χ1v) is 25.3. The molecule has 0 atom stereocenters. The molecule has 0 amide bonds. The summed E-state index contributed by atoms with van der Waals surface area (Å²) in [5.74, 6) is -1.42. The second kappa shape index (κ2) is 27.0. The van der Waals surface area contributed by atoms with Crippen molar-refractivity contribution in [2.45, 2.75) is 104 Å². The van der Waals surface area contributed by atoms with E-state index >= 15 is 0 Å². The largest absolute Gasteiger partial charge is 0.497 e. The van der Waals surface area contributed by atoms with Crippen LogP contribution in [0.5, 0.6) is 28.7 Å². The Kier molecular flexibility index (Phi) is 19.5. The van der Waals surface area contributed by atoms with Gasteiger partial charge in [0.15, 0.2) is 0 Å². The van der Waals surface area contributed by atoms with Crippen LogP contribution < -0.4 is 23.7 Å². The van der Waals surface area contributed by atoms with Crippen molar-refractivity contribution in [2.24, 2.45) is 0 Å². The average Bonchev–Trinajstić information content (AvgIpc) is 3.42. The van der Waals surface area contributed by atoms with Crippen molar-refractivity contribution in [3.05, 3.63) is 197 Å². The topological polar surface area (TPSA) is 114 Å². The highest BCUT2D eigenvalue weighted by Gasteiger charge is 2.18. The van der Waals surface area contributed by atoms with Crippen LogP contribution in [0.1, 0.15) is 143 Å². The van der Waals surface area contributed by atoms with Crippen molar-refractivity contribution in [3.63, 3.8) is 0 Å². The fourth-order valence-corrected chi connectivity index (χ4v) is 8.31. The van der Waals surface area contributed by atoms with Crippen molar-refractivity contribution < 1.29 is 42.9 Å². The number of unbranched alkanes of at least 4 members (excludes halogenated alkanes) is 10. The number of rotatable bonds is 25. The summed E-state index contributed by atoms with van der Waals surface area (Å²) in [6.07, 6.45) is 17.5. The molecule has 0 unspecified atom stereocenters. The molecule has 0 aliphatic heterocycles. The molecule has 0 aliphatic rings. The standard InChI is InChI=1S/C63H64O9/c1-4-6-8-10-12-14-16-45-18-22-47(23-19-45)49-26-30-51(31-27-49)60(64)69-55-34-38-57(39-35-55)71-62(66)53-42-54(44-59(43-53)68-3)63(67)72-58-40-36-56(37-41-58)70-61(65)52-32-28-50(29-33-52)48-24-20-46(21-25-48)17-15-13-11-9-7-5-2/h18-44H,4-17H2,1-3H3. The van der Waals surface area contributed by atoms with E-state index in [0.717, 1.165) is 35.1 Å². The monoisotopic (exact) mass is 964 g/mol. The van der Waals surface area contributed by atoms with Gasteiger partial charge in [-0.1, -0.05) is 151 Å². The molecule has 0 radical (unpaired) electrons. The van der Waals surface area contributed by atoms with Crippen LogP contribution in [0.3, 0.4) is 0 Å². The first-order chi connectivity index (χ1) is 35.2. The minimum Gasteiger partial charge on any atom is -0.497 e. The van der Waals surface area contributed by atoms with E-state index in [4.69, 9.17) is 23.7 Å². The Hall–Kier alpha value is -7.78. The van der Waals surface area contributed by atoms with E-state index in [0.29, 0.717) is 11.1 Å². The molecule has 0 heterocycles. The van der Waals surface area contributed by atoms with E-state index in [-0.39, 0.29) is 39.9 Å². The van der Waals surface area contributed by atoms with Crippen LogP contribution in [0, 0.1) is 0 Å². The Morgan fingerprint density at radius 2 is 0.583 bits per heavy atom. The Morgan fingerprint density at radius 1 is 0.306 bits per heavy atom. The predicted molar refractivity (Wildman–Crippen MR) is 284 cm³/mol. The van der Waals surface area contributed by atoms with Gasteiger partial charge in [0.05, 0.1) is 29.4 Å². The number of methoxy groups -OCH3 is 1. The minimum atomic E-state index is -0.756. The van der Waals surface area contributed by atoms with Gasteiger partial charge in [0.2, 0.25) is 0 Å². The van der Waals surface area contributed by atoms with E-state index < -0.39 is 23.9 Å². The number of carbonyl (C=O) groups excluding carboxylic acids is 4. The van der Waals surface area contributed by atoms with E-state index in [2.05, 4.69) is 62.4 Å². The number of benzene rings is 7. The molecular weight excluding hydrogens is 901 g/mol. The van der Waals surface area contributed by atoms with Gasteiger partial charge in [0, 0.05) is 0 Å². The SMILES string of the molecule is CCCCCCCCc1ccc(-c2ccc(C(=O)Oc3ccc(OC(=O)c4cc(OC)cc(C(=O)Oc5ccc(OC(=O)c6ccc(-c7ccc(CCCCCCCC)cc7)cc6)cc5)c4)cc3)cc2)cc1. The maximum absolute atomic E-state index is 13.3. The van der Waals surface area contributed by atoms with Crippen molar-refractivity contribution in [1.29, 1.82) is 0 Å². The van der Waals surface area contributed by atoms with Crippen molar-refractivity contribution in [3.8, 4) is 51.0 Å². The Labute approximate surface area is 424 Å². The third-order valence-electron chi connectivity index (χ3n) is 12.6. The summed E-state index contributed by atoms with van der Waals surface area (Å²) in [6, 6.07) is 48.1. The molecule has 0 bridgehead atoms. The van der Waals surface area contributed by atoms with E-state index in [1.54, 1.807) is 24.3 Å². The quantitative estimate of drug-likeness (QED) is 0.0314. The highest BCUT2D eigenvalue weighted by atomic mass is 16.5. The van der Waals surface area contributed by atoms with Gasteiger partial charge in [-0.3, -0.25) is 0 Å². The Balaban J connectivity index is 0.864. The first kappa shape index (κ1) is 52.1. The fourth-order valence-electron chi connectivity index (χ4n) is 8.31. The minimum absolute atomic E-state index is 0.0383. The highest BCUT2D eigenvalue weighted by molar-refractivity contribution is 5.98. The molecule has 9 heteroatoms. The molecule has 0 N–H and O–H groups in total. The predicted octanol–water partition coefficient (Wildman–Crippen LogP) is 15.7. The van der Waals surface area contributed by atoms with Crippen LogP contribution >= 0.6 is 0 Å². The summed E-state index contributed by atoms with van der Waals surface area (Å²) in [5.41, 5.74) is 7.69. The summed E-state index contributed by atoms with van der Waals surface area (Å²) in [7, 11) is 1.41. The van der Waals surface area contributed by atoms with Crippen molar-refractivity contribution >= 4 is 23.9 Å². The van der Waals surface area contributed by atoms with Gasteiger partial charge in [-0.15, -0.1) is 0 Å². The molecule has 370 valence electrons. The second-order valence-corrected chi connectivity index (χ2v) is 18.0. The van der Waals surface area contributed by atoms with Gasteiger partial charge in [0.25, 0.3) is 0 Å².